The van der Waals surface area contributed by atoms with Crippen LogP contribution in [-0.4, -0.2) is 0 Å². The summed E-state index contributed by atoms with van der Waals surface area (Å²) < 4.78 is 0. The van der Waals surface area contributed by atoms with Crippen molar-refractivity contribution >= 4 is 53.9 Å². The van der Waals surface area contributed by atoms with Gasteiger partial charge in [0.1, 0.15) is 0 Å². The zero-order valence-electron chi connectivity index (χ0n) is 30.8. The lowest BCUT2D eigenvalue weighted by Crippen LogP contribution is -1.92. The highest BCUT2D eigenvalue weighted by Crippen LogP contribution is 2.47. The summed E-state index contributed by atoms with van der Waals surface area (Å²) >= 11 is 0. The van der Waals surface area contributed by atoms with E-state index in [1.54, 1.807) is 0 Å². The minimum Gasteiger partial charge on any atom is -0.0622 e. The first-order chi connectivity index (χ1) is 27.8. The van der Waals surface area contributed by atoms with Crippen LogP contribution in [0.5, 0.6) is 0 Å². The summed E-state index contributed by atoms with van der Waals surface area (Å²) in [6.07, 6.45) is 0. The Morgan fingerprint density at radius 1 is 0.161 bits per heavy atom. The Balaban J connectivity index is 1.08. The molecule has 0 aliphatic carbocycles. The van der Waals surface area contributed by atoms with Crippen LogP contribution in [0.2, 0.25) is 0 Å². The molecule has 0 saturated carbocycles. The molecule has 0 amide bonds. The lowest BCUT2D eigenvalue weighted by Gasteiger charge is -2.19. The molecule has 0 heterocycles. The topological polar surface area (TPSA) is 0 Å². The van der Waals surface area contributed by atoms with Crippen molar-refractivity contribution in [2.24, 2.45) is 0 Å². The normalized spacial score (nSPS) is 11.6. The van der Waals surface area contributed by atoms with Crippen LogP contribution in [0.4, 0.5) is 0 Å². The Bertz CT molecular complexity index is 3150. The van der Waals surface area contributed by atoms with Crippen LogP contribution < -0.4 is 0 Å². The van der Waals surface area contributed by atoms with E-state index in [-0.39, 0.29) is 0 Å². The van der Waals surface area contributed by atoms with Crippen LogP contribution in [0.3, 0.4) is 0 Å². The van der Waals surface area contributed by atoms with Crippen LogP contribution in [0.1, 0.15) is 0 Å². The molecule has 0 bridgehead atoms. The molecule has 0 N–H and O–H groups in total. The monoisotopic (exact) mass is 708 g/mol. The molecule has 11 aromatic rings. The van der Waals surface area contributed by atoms with Crippen LogP contribution in [0, 0.1) is 0 Å². The van der Waals surface area contributed by atoms with Crippen molar-refractivity contribution in [3.05, 3.63) is 218 Å². The zero-order chi connectivity index (χ0) is 37.0. The van der Waals surface area contributed by atoms with Gasteiger partial charge in [0.25, 0.3) is 0 Å². The first-order valence-corrected chi connectivity index (χ1v) is 19.4. The maximum absolute atomic E-state index is 2.37. The van der Waals surface area contributed by atoms with Crippen molar-refractivity contribution in [3.8, 4) is 55.6 Å². The Hall–Kier alpha value is -7.28. The first kappa shape index (κ1) is 32.2. The van der Waals surface area contributed by atoms with E-state index >= 15 is 0 Å². The molecule has 0 aromatic heterocycles. The standard InChI is InChI=1S/C56H36/c1-3-15-37(16-4-1)41-31-32-43-36-44(34-33-42(43)35-41)56-51-25-13-11-23-49(51)55(50-24-12-14-26-52(50)56)40-29-27-39(28-30-40)54-47-21-9-7-19-45(47)53(38-17-5-2-6-18-38)46-20-8-10-22-48(46)54/h1-36H. The first-order valence-electron chi connectivity index (χ1n) is 19.4. The second-order valence-electron chi connectivity index (χ2n) is 14.8. The Morgan fingerprint density at radius 3 is 0.786 bits per heavy atom. The van der Waals surface area contributed by atoms with Crippen molar-refractivity contribution < 1.29 is 0 Å². The van der Waals surface area contributed by atoms with E-state index < -0.39 is 0 Å². The van der Waals surface area contributed by atoms with E-state index in [0.717, 1.165) is 0 Å². The molecule has 0 aliphatic heterocycles. The van der Waals surface area contributed by atoms with Gasteiger partial charge in [0.05, 0.1) is 0 Å². The highest BCUT2D eigenvalue weighted by molar-refractivity contribution is 6.23. The summed E-state index contributed by atoms with van der Waals surface area (Å²) in [5.74, 6) is 0. The molecule has 0 heteroatoms. The van der Waals surface area contributed by atoms with Crippen LogP contribution >= 0.6 is 0 Å². The Morgan fingerprint density at radius 2 is 0.411 bits per heavy atom. The third-order valence-corrected chi connectivity index (χ3v) is 11.6. The fourth-order valence-electron chi connectivity index (χ4n) is 9.12. The van der Waals surface area contributed by atoms with Gasteiger partial charge in [0, 0.05) is 0 Å². The Kier molecular flexibility index (Phi) is 7.60. The molecule has 11 aromatic carbocycles. The van der Waals surface area contributed by atoms with E-state index in [9.17, 15) is 0 Å². The number of fused-ring (bicyclic) bond motifs is 5. The quantitative estimate of drug-likeness (QED) is 0.156. The Labute approximate surface area is 326 Å². The lowest BCUT2D eigenvalue weighted by atomic mass is 9.84. The largest absolute Gasteiger partial charge is 0.0622 e. The molecule has 0 radical (unpaired) electrons. The summed E-state index contributed by atoms with van der Waals surface area (Å²) in [5.41, 5.74) is 12.5. The van der Waals surface area contributed by atoms with E-state index in [1.165, 1.54) is 109 Å². The summed E-state index contributed by atoms with van der Waals surface area (Å²) in [6.45, 7) is 0. The molecule has 0 nitrogen and oxygen atoms in total. The SMILES string of the molecule is c1ccc(-c2ccc3cc(-c4c5ccccc5c(-c5ccc(-c6c7ccccc7c(-c7ccccc7)c7ccccc67)cc5)c5ccccc45)ccc3c2)cc1. The van der Waals surface area contributed by atoms with E-state index in [1.807, 2.05) is 0 Å². The van der Waals surface area contributed by atoms with Gasteiger partial charge in [0.2, 0.25) is 0 Å². The minimum atomic E-state index is 1.22. The van der Waals surface area contributed by atoms with Gasteiger partial charge >= 0.3 is 0 Å². The van der Waals surface area contributed by atoms with Gasteiger partial charge in [-0.25, -0.2) is 0 Å². The summed E-state index contributed by atoms with van der Waals surface area (Å²) in [5, 5.41) is 12.6. The molecule has 11 rings (SSSR count). The third kappa shape index (κ3) is 5.22. The summed E-state index contributed by atoms with van der Waals surface area (Å²) in [6, 6.07) is 80.2. The fraction of sp³-hybridized carbons (Fsp3) is 0. The van der Waals surface area contributed by atoms with E-state index in [4.69, 9.17) is 0 Å². The molecule has 0 aliphatic rings. The van der Waals surface area contributed by atoms with Gasteiger partial charge in [0.15, 0.2) is 0 Å². The molecule has 0 saturated heterocycles. The number of hydrogen-bond donors (Lipinski definition) is 0. The lowest BCUT2D eigenvalue weighted by molar-refractivity contribution is 1.63. The van der Waals surface area contributed by atoms with E-state index in [2.05, 4.69) is 218 Å². The van der Waals surface area contributed by atoms with Crippen molar-refractivity contribution in [2.75, 3.05) is 0 Å². The predicted molar refractivity (Wildman–Crippen MR) is 241 cm³/mol. The highest BCUT2D eigenvalue weighted by Gasteiger charge is 2.19. The summed E-state index contributed by atoms with van der Waals surface area (Å²) in [7, 11) is 0. The van der Waals surface area contributed by atoms with Crippen molar-refractivity contribution in [1.82, 2.24) is 0 Å². The van der Waals surface area contributed by atoms with Gasteiger partial charge in [-0.15, -0.1) is 0 Å². The molecule has 0 fully saturated rings. The van der Waals surface area contributed by atoms with Crippen LogP contribution in [0.25, 0.3) is 109 Å². The van der Waals surface area contributed by atoms with Crippen molar-refractivity contribution in [2.45, 2.75) is 0 Å². The van der Waals surface area contributed by atoms with Crippen LogP contribution in [-0.2, 0) is 0 Å². The molecule has 0 atom stereocenters. The highest BCUT2D eigenvalue weighted by atomic mass is 14.2. The number of rotatable bonds is 5. The number of hydrogen-bond acceptors (Lipinski definition) is 0. The van der Waals surface area contributed by atoms with Gasteiger partial charge < -0.3 is 0 Å². The maximum atomic E-state index is 2.37. The zero-order valence-corrected chi connectivity index (χ0v) is 30.8. The van der Waals surface area contributed by atoms with Crippen molar-refractivity contribution in [3.63, 3.8) is 0 Å². The van der Waals surface area contributed by atoms with Gasteiger partial charge in [-0.1, -0.05) is 206 Å². The van der Waals surface area contributed by atoms with Gasteiger partial charge in [-0.3, -0.25) is 0 Å². The molecule has 0 spiro atoms. The second kappa shape index (κ2) is 13.2. The predicted octanol–water partition coefficient (Wildman–Crippen LogP) is 15.8. The van der Waals surface area contributed by atoms with E-state index in [0.29, 0.717) is 0 Å². The fourth-order valence-corrected chi connectivity index (χ4v) is 9.12. The molecular formula is C56H36. The van der Waals surface area contributed by atoms with Crippen LogP contribution in [0.15, 0.2) is 218 Å². The van der Waals surface area contributed by atoms with Gasteiger partial charge in [-0.2, -0.15) is 0 Å². The number of benzene rings is 11. The average molecular weight is 709 g/mol. The second-order valence-corrected chi connectivity index (χ2v) is 14.8. The minimum absolute atomic E-state index is 1.22. The molecule has 260 valence electrons. The maximum Gasteiger partial charge on any atom is -0.00262 e. The average Bonchev–Trinajstić information content (AvgIpc) is 3.27. The molecular weight excluding hydrogens is 673 g/mol. The summed E-state index contributed by atoms with van der Waals surface area (Å²) in [4.78, 5) is 0. The molecule has 0 unspecified atom stereocenters. The smallest absolute Gasteiger partial charge is 0.00262 e. The molecule has 56 heavy (non-hydrogen) atoms. The van der Waals surface area contributed by atoms with Gasteiger partial charge in [-0.05, 0) is 122 Å². The third-order valence-electron chi connectivity index (χ3n) is 11.6. The van der Waals surface area contributed by atoms with Crippen molar-refractivity contribution in [1.29, 1.82) is 0 Å².